The molecule has 0 amide bonds. The number of pyridine rings is 1. The predicted molar refractivity (Wildman–Crippen MR) is 190 cm³/mol. The van der Waals surface area contributed by atoms with Crippen LogP contribution in [0.2, 0.25) is 0 Å². The molecular formula is C41H27N2OP. The van der Waals surface area contributed by atoms with Gasteiger partial charge >= 0.3 is 0 Å². The monoisotopic (exact) mass is 594 g/mol. The maximum absolute atomic E-state index is 16.0. The first kappa shape index (κ1) is 25.9. The molecule has 0 aliphatic carbocycles. The second kappa shape index (κ2) is 10.0. The van der Waals surface area contributed by atoms with Gasteiger partial charge in [-0.2, -0.15) is 0 Å². The average Bonchev–Trinajstić information content (AvgIpc) is 3.52. The van der Waals surface area contributed by atoms with E-state index in [0.29, 0.717) is 0 Å². The maximum atomic E-state index is 16.0. The van der Waals surface area contributed by atoms with E-state index in [1.54, 1.807) is 0 Å². The Morgan fingerprint density at radius 3 is 1.87 bits per heavy atom. The first-order valence-electron chi connectivity index (χ1n) is 15.2. The number of aromatic nitrogens is 2. The molecular weight excluding hydrogens is 567 g/mol. The highest BCUT2D eigenvalue weighted by molar-refractivity contribution is 7.86. The second-order valence-corrected chi connectivity index (χ2v) is 14.2. The molecule has 212 valence electrons. The molecule has 4 heteroatoms. The SMILES string of the molecule is O=P(c1ccccc1)(c1ccccc1)c1c(-c2ccc3c4ccccc4c4nc5ccccc5n4c3c2)ccc2ccccc12. The van der Waals surface area contributed by atoms with Gasteiger partial charge in [0.15, 0.2) is 7.14 Å². The van der Waals surface area contributed by atoms with Crippen LogP contribution in [0.1, 0.15) is 0 Å². The van der Waals surface area contributed by atoms with Gasteiger partial charge in [-0.05, 0) is 45.5 Å². The standard InChI is InChI=1S/C41H27N2OP/c44-45(30-14-3-1-4-15-30,31-16-5-2-6-17-31)40-32-18-8-7-13-28(32)23-25-33(40)29-24-26-35-34-19-9-10-20-36(34)41-42-37-21-11-12-22-38(37)43(41)39(35)27-29/h1-27H. The van der Waals surface area contributed by atoms with Gasteiger partial charge in [-0.3, -0.25) is 4.40 Å². The molecule has 3 nitrogen and oxygen atoms in total. The van der Waals surface area contributed by atoms with E-state index in [1.807, 2.05) is 78.9 Å². The van der Waals surface area contributed by atoms with Crippen molar-refractivity contribution in [2.45, 2.75) is 0 Å². The predicted octanol–water partition coefficient (Wildman–Crippen LogP) is 9.25. The summed E-state index contributed by atoms with van der Waals surface area (Å²) in [5.41, 5.74) is 6.03. The summed E-state index contributed by atoms with van der Waals surface area (Å²) in [5.74, 6) is 0. The number of nitrogens with zero attached hydrogens (tertiary/aromatic N) is 2. The molecule has 2 heterocycles. The van der Waals surface area contributed by atoms with Crippen LogP contribution in [0.3, 0.4) is 0 Å². The molecule has 45 heavy (non-hydrogen) atoms. The number of imidazole rings is 1. The van der Waals surface area contributed by atoms with E-state index in [2.05, 4.69) is 89.3 Å². The van der Waals surface area contributed by atoms with Crippen LogP contribution < -0.4 is 15.9 Å². The fourth-order valence-electron chi connectivity index (χ4n) is 6.99. The number of para-hydroxylation sites is 2. The molecule has 0 N–H and O–H groups in total. The van der Waals surface area contributed by atoms with Crippen molar-refractivity contribution in [3.05, 3.63) is 164 Å². The molecule has 0 aliphatic rings. The Hall–Kier alpha value is -5.50. The molecule has 2 aromatic heterocycles. The van der Waals surface area contributed by atoms with Crippen LogP contribution in [-0.4, -0.2) is 9.38 Å². The number of benzene rings is 7. The quantitative estimate of drug-likeness (QED) is 0.150. The van der Waals surface area contributed by atoms with Crippen molar-refractivity contribution >= 4 is 72.2 Å². The van der Waals surface area contributed by atoms with Crippen molar-refractivity contribution in [2.75, 3.05) is 0 Å². The number of hydrogen-bond acceptors (Lipinski definition) is 2. The lowest BCUT2D eigenvalue weighted by atomic mass is 9.98. The summed E-state index contributed by atoms with van der Waals surface area (Å²) in [4.78, 5) is 5.09. The van der Waals surface area contributed by atoms with Crippen LogP contribution in [0.4, 0.5) is 0 Å². The first-order chi connectivity index (χ1) is 22.2. The van der Waals surface area contributed by atoms with E-state index in [4.69, 9.17) is 4.98 Å². The van der Waals surface area contributed by atoms with Crippen molar-refractivity contribution in [1.29, 1.82) is 0 Å². The van der Waals surface area contributed by atoms with Gasteiger partial charge < -0.3 is 4.57 Å². The van der Waals surface area contributed by atoms with Crippen molar-refractivity contribution in [3.8, 4) is 11.1 Å². The second-order valence-electron chi connectivity index (χ2n) is 11.5. The van der Waals surface area contributed by atoms with E-state index in [1.165, 1.54) is 5.39 Å². The highest BCUT2D eigenvalue weighted by Gasteiger charge is 2.34. The Bertz CT molecular complexity index is 2580. The zero-order valence-electron chi connectivity index (χ0n) is 24.3. The smallest absolute Gasteiger partial charge is 0.172 e. The van der Waals surface area contributed by atoms with E-state index < -0.39 is 7.14 Å². The van der Waals surface area contributed by atoms with Crippen molar-refractivity contribution in [1.82, 2.24) is 9.38 Å². The van der Waals surface area contributed by atoms with Gasteiger partial charge in [-0.25, -0.2) is 4.98 Å². The molecule has 0 spiro atoms. The Morgan fingerprint density at radius 1 is 0.489 bits per heavy atom. The third-order valence-electron chi connectivity index (χ3n) is 9.02. The van der Waals surface area contributed by atoms with E-state index in [9.17, 15) is 0 Å². The molecule has 0 radical (unpaired) electrons. The summed E-state index contributed by atoms with van der Waals surface area (Å²) >= 11 is 0. The summed E-state index contributed by atoms with van der Waals surface area (Å²) in [6, 6.07) is 56.0. The van der Waals surface area contributed by atoms with E-state index in [-0.39, 0.29) is 0 Å². The van der Waals surface area contributed by atoms with Crippen molar-refractivity contribution < 1.29 is 4.57 Å². The highest BCUT2D eigenvalue weighted by Crippen LogP contribution is 2.48. The molecule has 7 aromatic carbocycles. The molecule has 9 aromatic rings. The Labute approximate surface area is 260 Å². The summed E-state index contributed by atoms with van der Waals surface area (Å²) in [6.07, 6.45) is 0. The lowest BCUT2D eigenvalue weighted by Gasteiger charge is -2.25. The lowest BCUT2D eigenvalue weighted by Crippen LogP contribution is -2.27. The summed E-state index contributed by atoms with van der Waals surface area (Å²) in [6.45, 7) is 0. The van der Waals surface area contributed by atoms with Gasteiger partial charge in [0.1, 0.15) is 5.65 Å². The summed E-state index contributed by atoms with van der Waals surface area (Å²) in [7, 11) is -3.32. The molecule has 9 rings (SSSR count). The van der Waals surface area contributed by atoms with Gasteiger partial charge in [0.05, 0.1) is 16.6 Å². The fourth-order valence-corrected chi connectivity index (χ4v) is 10.1. The fraction of sp³-hybridized carbons (Fsp3) is 0. The summed E-state index contributed by atoms with van der Waals surface area (Å²) < 4.78 is 18.3. The first-order valence-corrected chi connectivity index (χ1v) is 16.9. The number of fused-ring (bicyclic) bond motifs is 9. The normalized spacial score (nSPS) is 12.1. The molecule has 0 aliphatic heterocycles. The van der Waals surface area contributed by atoms with Crippen molar-refractivity contribution in [2.24, 2.45) is 0 Å². The molecule has 0 saturated heterocycles. The minimum absolute atomic E-state index is 0.823. The lowest BCUT2D eigenvalue weighted by molar-refractivity contribution is 0.592. The third kappa shape index (κ3) is 3.84. The Kier molecular flexibility index (Phi) is 5.78. The molecule has 0 unspecified atom stereocenters. The average molecular weight is 595 g/mol. The minimum atomic E-state index is -3.32. The van der Waals surface area contributed by atoms with Crippen LogP contribution in [0.25, 0.3) is 60.3 Å². The van der Waals surface area contributed by atoms with Gasteiger partial charge in [0.25, 0.3) is 0 Å². The van der Waals surface area contributed by atoms with Crippen LogP contribution >= 0.6 is 7.14 Å². The third-order valence-corrected chi connectivity index (χ3v) is 12.2. The zero-order valence-corrected chi connectivity index (χ0v) is 25.2. The van der Waals surface area contributed by atoms with Crippen LogP contribution in [0.15, 0.2) is 164 Å². The van der Waals surface area contributed by atoms with Gasteiger partial charge in [0, 0.05) is 26.7 Å². The Morgan fingerprint density at radius 2 is 1.11 bits per heavy atom. The van der Waals surface area contributed by atoms with Crippen LogP contribution in [0, 0.1) is 0 Å². The Balaban J connectivity index is 1.43. The highest BCUT2D eigenvalue weighted by atomic mass is 31.2. The van der Waals surface area contributed by atoms with E-state index in [0.717, 1.165) is 70.8 Å². The van der Waals surface area contributed by atoms with Gasteiger partial charge in [-0.15, -0.1) is 0 Å². The number of rotatable bonds is 4. The largest absolute Gasteiger partial charge is 0.309 e. The van der Waals surface area contributed by atoms with Gasteiger partial charge in [-0.1, -0.05) is 146 Å². The molecule has 0 atom stereocenters. The zero-order chi connectivity index (χ0) is 30.0. The number of hydrogen-bond donors (Lipinski definition) is 0. The summed E-state index contributed by atoms with van der Waals surface area (Å²) in [5, 5.41) is 8.03. The van der Waals surface area contributed by atoms with Crippen LogP contribution in [0.5, 0.6) is 0 Å². The molecule has 0 bridgehead atoms. The van der Waals surface area contributed by atoms with Crippen molar-refractivity contribution in [3.63, 3.8) is 0 Å². The van der Waals surface area contributed by atoms with E-state index >= 15 is 4.57 Å². The maximum Gasteiger partial charge on any atom is 0.172 e. The van der Waals surface area contributed by atoms with Crippen LogP contribution in [-0.2, 0) is 4.57 Å². The molecule has 0 saturated carbocycles. The van der Waals surface area contributed by atoms with Gasteiger partial charge in [0.2, 0.25) is 0 Å². The topological polar surface area (TPSA) is 34.4 Å². The minimum Gasteiger partial charge on any atom is -0.309 e. The molecule has 0 fully saturated rings.